The summed E-state index contributed by atoms with van der Waals surface area (Å²) in [4.78, 5) is 28.5. The maximum absolute atomic E-state index is 12.4. The molecule has 7 heteroatoms. The van der Waals surface area contributed by atoms with Crippen molar-refractivity contribution in [3.05, 3.63) is 59.9 Å². The van der Waals surface area contributed by atoms with E-state index in [4.69, 9.17) is 9.16 Å². The van der Waals surface area contributed by atoms with E-state index in [2.05, 4.69) is 44.2 Å². The minimum absolute atomic E-state index is 0.109. The maximum atomic E-state index is 12.4. The van der Waals surface area contributed by atoms with Crippen molar-refractivity contribution in [1.82, 2.24) is 10.3 Å². The van der Waals surface area contributed by atoms with Gasteiger partial charge in [0.25, 0.3) is 5.91 Å². The molecule has 0 bridgehead atoms. The Hall–Kier alpha value is -2.67. The molecular formula is C22H30N2O4Si. The van der Waals surface area contributed by atoms with Gasteiger partial charge in [0.15, 0.2) is 0 Å². The molecule has 0 radical (unpaired) electrons. The standard InChI is InChI=1S/C22H30N2O4Si/c1-22(2,3)29(5,6)28-18-11-9-16(10-12-18)14-19(21(26)27-4)24-20(25)17-8-7-13-23-15-17/h7-13,15,19H,14H2,1-6H3,(H,24,25). The summed E-state index contributed by atoms with van der Waals surface area (Å²) >= 11 is 0. The molecule has 0 aliphatic carbocycles. The summed E-state index contributed by atoms with van der Waals surface area (Å²) in [7, 11) is -0.608. The average Bonchev–Trinajstić information content (AvgIpc) is 2.67. The van der Waals surface area contributed by atoms with Crippen molar-refractivity contribution in [3.63, 3.8) is 0 Å². The molecule has 0 saturated heterocycles. The van der Waals surface area contributed by atoms with Crippen LogP contribution in [0.25, 0.3) is 0 Å². The molecule has 29 heavy (non-hydrogen) atoms. The van der Waals surface area contributed by atoms with E-state index in [9.17, 15) is 9.59 Å². The Morgan fingerprint density at radius 1 is 1.14 bits per heavy atom. The van der Waals surface area contributed by atoms with E-state index in [-0.39, 0.29) is 10.9 Å². The van der Waals surface area contributed by atoms with Crippen molar-refractivity contribution >= 4 is 20.2 Å². The summed E-state index contributed by atoms with van der Waals surface area (Å²) < 4.78 is 11.1. The van der Waals surface area contributed by atoms with Crippen LogP contribution >= 0.6 is 0 Å². The summed E-state index contributed by atoms with van der Waals surface area (Å²) in [5, 5.41) is 2.84. The molecule has 1 N–H and O–H groups in total. The number of nitrogens with zero attached hydrogens (tertiary/aromatic N) is 1. The summed E-state index contributed by atoms with van der Waals surface area (Å²) in [5.74, 6) is -0.0513. The fourth-order valence-electron chi connectivity index (χ4n) is 2.45. The van der Waals surface area contributed by atoms with Crippen molar-refractivity contribution in [2.45, 2.75) is 51.4 Å². The molecule has 0 aliphatic rings. The molecular weight excluding hydrogens is 384 g/mol. The zero-order valence-electron chi connectivity index (χ0n) is 18.0. The van der Waals surface area contributed by atoms with Crippen molar-refractivity contribution in [2.75, 3.05) is 7.11 Å². The first-order chi connectivity index (χ1) is 13.5. The van der Waals surface area contributed by atoms with E-state index < -0.39 is 20.3 Å². The van der Waals surface area contributed by atoms with Gasteiger partial charge in [0.2, 0.25) is 8.32 Å². The van der Waals surface area contributed by atoms with Gasteiger partial charge in [-0.05, 0) is 48.0 Å². The van der Waals surface area contributed by atoms with Crippen LogP contribution in [0.5, 0.6) is 5.75 Å². The lowest BCUT2D eigenvalue weighted by atomic mass is 10.1. The summed E-state index contributed by atoms with van der Waals surface area (Å²) in [6.45, 7) is 11.0. The fraction of sp³-hybridized carbons (Fsp3) is 0.409. The average molecular weight is 415 g/mol. The van der Waals surface area contributed by atoms with E-state index in [0.717, 1.165) is 11.3 Å². The van der Waals surface area contributed by atoms with Crippen molar-refractivity contribution in [3.8, 4) is 5.75 Å². The Balaban J connectivity index is 2.09. The van der Waals surface area contributed by atoms with Crippen molar-refractivity contribution in [2.24, 2.45) is 0 Å². The first-order valence-corrected chi connectivity index (χ1v) is 12.5. The van der Waals surface area contributed by atoms with Crippen LogP contribution in [0, 0.1) is 0 Å². The third kappa shape index (κ3) is 6.15. The predicted octanol–water partition coefficient (Wildman–Crippen LogP) is 3.98. The van der Waals surface area contributed by atoms with Crippen molar-refractivity contribution in [1.29, 1.82) is 0 Å². The number of carbonyl (C=O) groups is 2. The van der Waals surface area contributed by atoms with Crippen LogP contribution in [0.2, 0.25) is 18.1 Å². The number of ether oxygens (including phenoxy) is 1. The second-order valence-corrected chi connectivity index (χ2v) is 13.2. The molecule has 1 atom stereocenters. The van der Waals surface area contributed by atoms with Crippen molar-refractivity contribution < 1.29 is 18.8 Å². The second kappa shape index (κ2) is 9.22. The number of hydrogen-bond acceptors (Lipinski definition) is 5. The number of esters is 1. The van der Waals surface area contributed by atoms with Gasteiger partial charge < -0.3 is 14.5 Å². The number of amides is 1. The van der Waals surface area contributed by atoms with Gasteiger partial charge in [-0.2, -0.15) is 0 Å². The summed E-state index contributed by atoms with van der Waals surface area (Å²) in [5.41, 5.74) is 1.29. The monoisotopic (exact) mass is 414 g/mol. The number of benzene rings is 1. The highest BCUT2D eigenvalue weighted by Crippen LogP contribution is 2.37. The lowest BCUT2D eigenvalue weighted by molar-refractivity contribution is -0.142. The third-order valence-corrected chi connectivity index (χ3v) is 9.62. The highest BCUT2D eigenvalue weighted by molar-refractivity contribution is 6.74. The highest BCUT2D eigenvalue weighted by Gasteiger charge is 2.38. The van der Waals surface area contributed by atoms with Crippen LogP contribution in [0.15, 0.2) is 48.8 Å². The van der Waals surface area contributed by atoms with Gasteiger partial charge in [0, 0.05) is 18.8 Å². The van der Waals surface area contributed by atoms with E-state index in [1.54, 1.807) is 18.3 Å². The Bertz CT molecular complexity index is 830. The molecule has 0 aliphatic heterocycles. The summed E-state index contributed by atoms with van der Waals surface area (Å²) in [6, 6.07) is 10.2. The number of hydrogen-bond donors (Lipinski definition) is 1. The zero-order chi connectivity index (χ0) is 21.7. The molecule has 1 unspecified atom stereocenters. The van der Waals surface area contributed by atoms with Gasteiger partial charge in [0.05, 0.1) is 12.7 Å². The topological polar surface area (TPSA) is 77.5 Å². The molecule has 0 saturated carbocycles. The fourth-order valence-corrected chi connectivity index (χ4v) is 3.48. The Morgan fingerprint density at radius 2 is 1.79 bits per heavy atom. The quantitative estimate of drug-likeness (QED) is 0.548. The van der Waals surface area contributed by atoms with Crippen LogP contribution < -0.4 is 9.74 Å². The van der Waals surface area contributed by atoms with E-state index in [1.807, 2.05) is 24.3 Å². The second-order valence-electron chi connectivity index (χ2n) is 8.50. The van der Waals surface area contributed by atoms with Crippen LogP contribution in [-0.4, -0.2) is 38.3 Å². The summed E-state index contributed by atoms with van der Waals surface area (Å²) in [6.07, 6.45) is 3.36. The molecule has 6 nitrogen and oxygen atoms in total. The number of methoxy groups -OCH3 is 1. The predicted molar refractivity (Wildman–Crippen MR) is 115 cm³/mol. The molecule has 0 spiro atoms. The normalized spacial score (nSPS) is 12.8. The van der Waals surface area contributed by atoms with Gasteiger partial charge in [-0.25, -0.2) is 4.79 Å². The van der Waals surface area contributed by atoms with Gasteiger partial charge in [-0.1, -0.05) is 32.9 Å². The van der Waals surface area contributed by atoms with Gasteiger partial charge in [-0.3, -0.25) is 9.78 Å². The van der Waals surface area contributed by atoms with E-state index in [0.29, 0.717) is 12.0 Å². The highest BCUT2D eigenvalue weighted by atomic mass is 28.4. The number of aromatic nitrogens is 1. The van der Waals surface area contributed by atoms with Crippen LogP contribution in [-0.2, 0) is 16.0 Å². The Kier molecular flexibility index (Phi) is 7.19. The largest absolute Gasteiger partial charge is 0.544 e. The lowest BCUT2D eigenvalue weighted by Gasteiger charge is -2.36. The molecule has 2 aromatic rings. The smallest absolute Gasteiger partial charge is 0.328 e. The maximum Gasteiger partial charge on any atom is 0.328 e. The van der Waals surface area contributed by atoms with Gasteiger partial charge in [0.1, 0.15) is 11.8 Å². The number of pyridine rings is 1. The first kappa shape index (κ1) is 22.6. The third-order valence-electron chi connectivity index (χ3n) is 5.26. The number of carbonyl (C=O) groups excluding carboxylic acids is 2. The first-order valence-electron chi connectivity index (χ1n) is 9.60. The van der Waals surface area contributed by atoms with Gasteiger partial charge >= 0.3 is 5.97 Å². The number of rotatable bonds is 7. The van der Waals surface area contributed by atoms with Crippen LogP contribution in [0.4, 0.5) is 0 Å². The molecule has 0 fully saturated rings. The van der Waals surface area contributed by atoms with E-state index in [1.165, 1.54) is 13.3 Å². The molecule has 1 heterocycles. The van der Waals surface area contributed by atoms with Gasteiger partial charge in [-0.15, -0.1) is 0 Å². The SMILES string of the molecule is COC(=O)C(Cc1ccc(O[Si](C)(C)C(C)(C)C)cc1)NC(=O)c1cccnc1. The minimum Gasteiger partial charge on any atom is -0.544 e. The Morgan fingerprint density at radius 3 is 2.31 bits per heavy atom. The molecule has 1 amide bonds. The Labute approximate surface area is 173 Å². The van der Waals surface area contributed by atoms with Crippen LogP contribution in [0.1, 0.15) is 36.7 Å². The lowest BCUT2D eigenvalue weighted by Crippen LogP contribution is -2.44. The van der Waals surface area contributed by atoms with E-state index >= 15 is 0 Å². The molecule has 156 valence electrons. The van der Waals surface area contributed by atoms with Crippen LogP contribution in [0.3, 0.4) is 0 Å². The molecule has 1 aromatic carbocycles. The minimum atomic E-state index is -1.92. The molecule has 1 aromatic heterocycles. The molecule has 2 rings (SSSR count). The zero-order valence-corrected chi connectivity index (χ0v) is 19.0. The number of nitrogens with one attached hydrogen (secondary N) is 1.